The van der Waals surface area contributed by atoms with Crippen LogP contribution in [0.1, 0.15) is 35.5 Å². The Bertz CT molecular complexity index is 719. The summed E-state index contributed by atoms with van der Waals surface area (Å²) in [4.78, 5) is 4.73. The summed E-state index contributed by atoms with van der Waals surface area (Å²) in [6.45, 7) is 10.1. The summed E-state index contributed by atoms with van der Waals surface area (Å²) in [5.74, 6) is 0.244. The molecule has 0 amide bonds. The van der Waals surface area contributed by atoms with Gasteiger partial charge in [-0.2, -0.15) is 5.10 Å². The Balaban J connectivity index is 1.67. The van der Waals surface area contributed by atoms with E-state index in [0.717, 1.165) is 41.6 Å². The van der Waals surface area contributed by atoms with E-state index in [2.05, 4.69) is 60.5 Å². The quantitative estimate of drug-likeness (QED) is 0.872. The largest absolute Gasteiger partial charge is 0.384 e. The Hall–Kier alpha value is -2.14. The summed E-state index contributed by atoms with van der Waals surface area (Å²) < 4.78 is 0. The van der Waals surface area contributed by atoms with Crippen molar-refractivity contribution in [3.05, 3.63) is 52.5 Å². The molecule has 0 fully saturated rings. The average molecular weight is 326 g/mol. The van der Waals surface area contributed by atoms with Gasteiger partial charge in [0.25, 0.3) is 0 Å². The van der Waals surface area contributed by atoms with Gasteiger partial charge in [0.1, 0.15) is 5.01 Å². The molecular formula is C18H22N4S. The number of hydrogen-bond acceptors (Lipinski definition) is 5. The zero-order valence-electron chi connectivity index (χ0n) is 13.6. The van der Waals surface area contributed by atoms with Crippen molar-refractivity contribution in [2.24, 2.45) is 5.10 Å². The predicted molar refractivity (Wildman–Crippen MR) is 99.2 cm³/mol. The number of aryl methyl sites for hydroxylation is 1. The van der Waals surface area contributed by atoms with Crippen LogP contribution in [0.25, 0.3) is 5.70 Å². The first-order chi connectivity index (χ1) is 11.2. The van der Waals surface area contributed by atoms with E-state index in [1.807, 2.05) is 11.2 Å². The first-order valence-electron chi connectivity index (χ1n) is 7.94. The number of aromatic nitrogens is 1. The highest BCUT2D eigenvalue weighted by molar-refractivity contribution is 7.10. The van der Waals surface area contributed by atoms with Crippen LogP contribution in [0.5, 0.6) is 0 Å². The molecule has 2 aromatic rings. The molecule has 0 saturated heterocycles. The standard InChI is InChI=1S/C18H22N4S/c1-4-8-19-14(3)17-12-23-18(21-17)15-10-20-22(11-15)16-7-5-6-13(2)9-16/h5-7,9-10,12,15,19H,3-4,8,11H2,1-2H3. The Morgan fingerprint density at radius 3 is 3.13 bits per heavy atom. The Morgan fingerprint density at radius 2 is 2.35 bits per heavy atom. The van der Waals surface area contributed by atoms with E-state index in [9.17, 15) is 0 Å². The van der Waals surface area contributed by atoms with E-state index >= 15 is 0 Å². The van der Waals surface area contributed by atoms with E-state index < -0.39 is 0 Å². The summed E-state index contributed by atoms with van der Waals surface area (Å²) in [5, 5.41) is 13.1. The van der Waals surface area contributed by atoms with E-state index in [1.54, 1.807) is 11.3 Å². The number of nitrogens with one attached hydrogen (secondary N) is 1. The zero-order valence-corrected chi connectivity index (χ0v) is 14.4. The summed E-state index contributed by atoms with van der Waals surface area (Å²) in [6.07, 6.45) is 3.07. The van der Waals surface area contributed by atoms with Crippen LogP contribution in [0.2, 0.25) is 0 Å². The average Bonchev–Trinajstić information content (AvgIpc) is 3.21. The van der Waals surface area contributed by atoms with Crippen LogP contribution in [-0.4, -0.2) is 24.3 Å². The number of benzene rings is 1. The predicted octanol–water partition coefficient (Wildman–Crippen LogP) is 4.01. The van der Waals surface area contributed by atoms with Crippen LogP contribution in [0, 0.1) is 6.92 Å². The second-order valence-electron chi connectivity index (χ2n) is 5.77. The van der Waals surface area contributed by atoms with Gasteiger partial charge in [0.2, 0.25) is 0 Å². The SMILES string of the molecule is C=C(NCCC)c1csc(C2C=NN(c3cccc(C)c3)C2)n1. The van der Waals surface area contributed by atoms with Gasteiger partial charge in [-0.3, -0.25) is 5.01 Å². The van der Waals surface area contributed by atoms with Crippen LogP contribution >= 0.6 is 11.3 Å². The lowest BCUT2D eigenvalue weighted by Crippen LogP contribution is -2.16. The smallest absolute Gasteiger partial charge is 0.104 e. The molecule has 1 aliphatic heterocycles. The van der Waals surface area contributed by atoms with Gasteiger partial charge in [0.05, 0.1) is 29.5 Å². The molecule has 2 heterocycles. The van der Waals surface area contributed by atoms with Gasteiger partial charge >= 0.3 is 0 Å². The lowest BCUT2D eigenvalue weighted by Gasteiger charge is -2.15. The first kappa shape index (κ1) is 15.7. The Morgan fingerprint density at radius 1 is 1.48 bits per heavy atom. The van der Waals surface area contributed by atoms with Crippen molar-refractivity contribution >= 4 is 28.9 Å². The van der Waals surface area contributed by atoms with Crippen molar-refractivity contribution in [1.29, 1.82) is 0 Å². The summed E-state index contributed by atoms with van der Waals surface area (Å²) in [7, 11) is 0. The summed E-state index contributed by atoms with van der Waals surface area (Å²) in [6, 6.07) is 8.42. The minimum absolute atomic E-state index is 0.244. The molecule has 0 bridgehead atoms. The monoisotopic (exact) mass is 326 g/mol. The molecule has 1 aromatic heterocycles. The molecule has 0 aliphatic carbocycles. The first-order valence-corrected chi connectivity index (χ1v) is 8.82. The molecule has 1 unspecified atom stereocenters. The van der Waals surface area contributed by atoms with E-state index in [0.29, 0.717) is 0 Å². The molecule has 120 valence electrons. The van der Waals surface area contributed by atoms with Crippen molar-refractivity contribution < 1.29 is 0 Å². The highest BCUT2D eigenvalue weighted by atomic mass is 32.1. The molecule has 1 atom stereocenters. The minimum atomic E-state index is 0.244. The van der Waals surface area contributed by atoms with Crippen molar-refractivity contribution in [2.75, 3.05) is 18.1 Å². The third kappa shape index (κ3) is 3.62. The van der Waals surface area contributed by atoms with Crippen molar-refractivity contribution in [1.82, 2.24) is 10.3 Å². The van der Waals surface area contributed by atoms with Crippen LogP contribution in [0.4, 0.5) is 5.69 Å². The molecule has 23 heavy (non-hydrogen) atoms. The second kappa shape index (κ2) is 6.96. The summed E-state index contributed by atoms with van der Waals surface area (Å²) in [5.41, 5.74) is 4.23. The maximum atomic E-state index is 4.73. The molecule has 1 N–H and O–H groups in total. The highest BCUT2D eigenvalue weighted by Crippen LogP contribution is 2.28. The molecule has 3 rings (SSSR count). The van der Waals surface area contributed by atoms with Gasteiger partial charge in [-0.05, 0) is 31.0 Å². The molecule has 5 heteroatoms. The fraction of sp³-hybridized carbons (Fsp3) is 0.333. The Kier molecular flexibility index (Phi) is 4.76. The lowest BCUT2D eigenvalue weighted by atomic mass is 10.1. The molecular weight excluding hydrogens is 304 g/mol. The van der Waals surface area contributed by atoms with E-state index in [4.69, 9.17) is 4.98 Å². The molecule has 0 spiro atoms. The minimum Gasteiger partial charge on any atom is -0.384 e. The van der Waals surface area contributed by atoms with E-state index in [-0.39, 0.29) is 5.92 Å². The van der Waals surface area contributed by atoms with Crippen molar-refractivity contribution in [3.63, 3.8) is 0 Å². The topological polar surface area (TPSA) is 40.5 Å². The number of thiazole rings is 1. The molecule has 1 aliphatic rings. The van der Waals surface area contributed by atoms with Gasteiger partial charge in [0.15, 0.2) is 0 Å². The van der Waals surface area contributed by atoms with Gasteiger partial charge in [-0.25, -0.2) is 4.98 Å². The van der Waals surface area contributed by atoms with Crippen molar-refractivity contribution in [2.45, 2.75) is 26.2 Å². The van der Waals surface area contributed by atoms with Crippen molar-refractivity contribution in [3.8, 4) is 0 Å². The number of nitrogens with zero attached hydrogens (tertiary/aromatic N) is 3. The third-order valence-corrected chi connectivity index (χ3v) is 4.77. The summed E-state index contributed by atoms with van der Waals surface area (Å²) >= 11 is 1.68. The maximum Gasteiger partial charge on any atom is 0.104 e. The molecule has 0 radical (unpaired) electrons. The lowest BCUT2D eigenvalue weighted by molar-refractivity contribution is 0.817. The maximum absolute atomic E-state index is 4.73. The molecule has 4 nitrogen and oxygen atoms in total. The highest BCUT2D eigenvalue weighted by Gasteiger charge is 2.23. The van der Waals surface area contributed by atoms with Gasteiger partial charge < -0.3 is 5.32 Å². The van der Waals surface area contributed by atoms with Gasteiger partial charge in [0, 0.05) is 18.1 Å². The fourth-order valence-corrected chi connectivity index (χ4v) is 3.40. The normalized spacial score (nSPS) is 16.8. The number of hydrogen-bond donors (Lipinski definition) is 1. The van der Waals surface area contributed by atoms with Gasteiger partial charge in [-0.1, -0.05) is 25.6 Å². The van der Waals surface area contributed by atoms with Gasteiger partial charge in [-0.15, -0.1) is 11.3 Å². The fourth-order valence-electron chi connectivity index (χ4n) is 2.51. The van der Waals surface area contributed by atoms with Crippen LogP contribution < -0.4 is 10.3 Å². The third-order valence-electron chi connectivity index (χ3n) is 3.79. The molecule has 1 aromatic carbocycles. The van der Waals surface area contributed by atoms with Crippen LogP contribution in [0.3, 0.4) is 0 Å². The zero-order chi connectivity index (χ0) is 16.2. The number of hydrazone groups is 1. The van der Waals surface area contributed by atoms with Crippen LogP contribution in [0.15, 0.2) is 41.3 Å². The van der Waals surface area contributed by atoms with Crippen LogP contribution in [-0.2, 0) is 0 Å². The number of rotatable bonds is 6. The Labute approximate surface area is 141 Å². The molecule has 0 saturated carbocycles. The van der Waals surface area contributed by atoms with E-state index in [1.165, 1.54) is 5.56 Å². The number of anilines is 1. The second-order valence-corrected chi connectivity index (χ2v) is 6.66.